The Balaban J connectivity index is 1.23. The van der Waals surface area contributed by atoms with Gasteiger partial charge < -0.3 is 4.57 Å². The predicted octanol–water partition coefficient (Wildman–Crippen LogP) is 10.7. The summed E-state index contributed by atoms with van der Waals surface area (Å²) in [5, 5.41) is 8.43. The lowest BCUT2D eigenvalue weighted by Gasteiger charge is -2.08. The molecule has 11 aromatic rings. The van der Waals surface area contributed by atoms with Gasteiger partial charge in [0.2, 0.25) is 0 Å². The van der Waals surface area contributed by atoms with Crippen LogP contribution >= 0.6 is 0 Å². The lowest BCUT2D eigenvalue weighted by molar-refractivity contribution is 1.18. The van der Waals surface area contributed by atoms with Crippen LogP contribution in [0.2, 0.25) is 0 Å². The largest absolute Gasteiger partial charge is 0.309 e. The molecular formula is C42H24N4. The van der Waals surface area contributed by atoms with Crippen molar-refractivity contribution in [2.45, 2.75) is 0 Å². The van der Waals surface area contributed by atoms with Crippen molar-refractivity contribution in [3.05, 3.63) is 146 Å². The van der Waals surface area contributed by atoms with Crippen molar-refractivity contribution < 1.29 is 0 Å². The number of hydrogen-bond acceptors (Lipinski definition) is 2. The summed E-state index contributed by atoms with van der Waals surface area (Å²) < 4.78 is 4.68. The van der Waals surface area contributed by atoms with E-state index in [4.69, 9.17) is 9.97 Å². The molecule has 4 aromatic heterocycles. The van der Waals surface area contributed by atoms with Gasteiger partial charge in [0.05, 0.1) is 33.1 Å². The zero-order chi connectivity index (χ0) is 29.9. The van der Waals surface area contributed by atoms with Gasteiger partial charge in [0.1, 0.15) is 5.52 Å². The average molecular weight is 585 g/mol. The number of aromatic nitrogens is 4. The molecule has 4 heteroatoms. The summed E-state index contributed by atoms with van der Waals surface area (Å²) in [4.78, 5) is 10.6. The smallest absolute Gasteiger partial charge is 0.165 e. The van der Waals surface area contributed by atoms with E-state index >= 15 is 0 Å². The summed E-state index contributed by atoms with van der Waals surface area (Å²) in [5.74, 6) is 0. The van der Waals surface area contributed by atoms with Crippen LogP contribution in [0.1, 0.15) is 0 Å². The quantitative estimate of drug-likeness (QED) is 0.190. The third-order valence-electron chi connectivity index (χ3n) is 9.77. The van der Waals surface area contributed by atoms with Crippen LogP contribution < -0.4 is 0 Å². The van der Waals surface area contributed by atoms with Crippen molar-refractivity contribution in [1.29, 1.82) is 0 Å². The monoisotopic (exact) mass is 584 g/mol. The summed E-state index contributed by atoms with van der Waals surface area (Å²) >= 11 is 0. The molecule has 7 aromatic carbocycles. The molecule has 212 valence electrons. The Morgan fingerprint density at radius 3 is 1.83 bits per heavy atom. The normalized spacial score (nSPS) is 12.3. The van der Waals surface area contributed by atoms with Crippen molar-refractivity contribution in [2.75, 3.05) is 0 Å². The Labute approximate surface area is 262 Å². The Kier molecular flexibility index (Phi) is 4.55. The predicted molar refractivity (Wildman–Crippen MR) is 191 cm³/mol. The maximum atomic E-state index is 5.30. The first kappa shape index (κ1) is 24.1. The zero-order valence-electron chi connectivity index (χ0n) is 24.6. The minimum Gasteiger partial charge on any atom is -0.309 e. The van der Waals surface area contributed by atoms with Crippen LogP contribution in [0.25, 0.3) is 98.8 Å². The SMILES string of the molecule is c1ccc(-n2c3ccccc3c3cc(-c4cc5c6ccccc6n6c7nc8cc9ccccc9cc8nc7c(c4)c56)ccc32)cc1. The molecule has 0 N–H and O–H groups in total. The molecule has 0 saturated carbocycles. The maximum Gasteiger partial charge on any atom is 0.165 e. The first-order valence-electron chi connectivity index (χ1n) is 15.7. The molecule has 4 nitrogen and oxygen atoms in total. The van der Waals surface area contributed by atoms with E-state index < -0.39 is 0 Å². The lowest BCUT2D eigenvalue weighted by atomic mass is 9.98. The summed E-state index contributed by atoms with van der Waals surface area (Å²) in [6.07, 6.45) is 0. The molecule has 0 atom stereocenters. The Morgan fingerprint density at radius 1 is 0.413 bits per heavy atom. The topological polar surface area (TPSA) is 35.1 Å². The van der Waals surface area contributed by atoms with Crippen LogP contribution in [0.3, 0.4) is 0 Å². The third kappa shape index (κ3) is 3.12. The molecule has 0 aliphatic heterocycles. The fourth-order valence-electron chi connectivity index (χ4n) is 7.74. The van der Waals surface area contributed by atoms with Gasteiger partial charge in [-0.25, -0.2) is 9.97 Å². The number of fused-ring (bicyclic) bond motifs is 11. The van der Waals surface area contributed by atoms with Gasteiger partial charge in [-0.2, -0.15) is 0 Å². The van der Waals surface area contributed by atoms with E-state index in [2.05, 4.69) is 155 Å². The molecule has 0 aliphatic rings. The Hall–Kier alpha value is -6.26. The van der Waals surface area contributed by atoms with Gasteiger partial charge in [-0.1, -0.05) is 84.9 Å². The van der Waals surface area contributed by atoms with Crippen LogP contribution in [0.15, 0.2) is 146 Å². The fourth-order valence-corrected chi connectivity index (χ4v) is 7.74. The number of para-hydroxylation sites is 3. The van der Waals surface area contributed by atoms with Crippen molar-refractivity contribution >= 4 is 82.0 Å². The van der Waals surface area contributed by atoms with Crippen LogP contribution in [0.4, 0.5) is 0 Å². The second-order valence-electron chi connectivity index (χ2n) is 12.3. The summed E-state index contributed by atoms with van der Waals surface area (Å²) in [5.41, 5.74) is 12.0. The van der Waals surface area contributed by atoms with Gasteiger partial charge >= 0.3 is 0 Å². The highest BCUT2D eigenvalue weighted by atomic mass is 15.0. The number of rotatable bonds is 2. The van der Waals surface area contributed by atoms with Gasteiger partial charge in [-0.3, -0.25) is 4.40 Å². The van der Waals surface area contributed by atoms with Gasteiger partial charge in [0, 0.05) is 32.6 Å². The van der Waals surface area contributed by atoms with Crippen molar-refractivity contribution in [3.8, 4) is 16.8 Å². The van der Waals surface area contributed by atoms with E-state index in [0.717, 1.165) is 33.1 Å². The number of nitrogens with zero attached hydrogens (tertiary/aromatic N) is 4. The standard InChI is InChI=1S/C42H24N4/c1-2-12-29(13-3-1)45-37-16-8-6-14-30(37)32-20-27(18-19-39(32)45)28-21-33-31-15-7-9-17-38(31)46-41(33)34(22-28)40-42(46)44-36-24-26-11-5-4-10-25(26)23-35(36)43-40/h1-24H. The molecule has 0 fully saturated rings. The third-order valence-corrected chi connectivity index (χ3v) is 9.77. The molecule has 0 unspecified atom stereocenters. The molecular weight excluding hydrogens is 560 g/mol. The molecule has 46 heavy (non-hydrogen) atoms. The molecule has 0 aliphatic carbocycles. The van der Waals surface area contributed by atoms with Crippen LogP contribution in [-0.2, 0) is 0 Å². The second kappa shape index (κ2) is 8.68. The highest BCUT2D eigenvalue weighted by Crippen LogP contribution is 2.42. The van der Waals surface area contributed by atoms with E-state index in [1.807, 2.05) is 0 Å². The van der Waals surface area contributed by atoms with Crippen LogP contribution in [0.5, 0.6) is 0 Å². The Bertz CT molecular complexity index is 3020. The summed E-state index contributed by atoms with van der Waals surface area (Å²) in [6, 6.07) is 52.3. The fraction of sp³-hybridized carbons (Fsp3) is 0. The van der Waals surface area contributed by atoms with E-state index in [1.165, 1.54) is 65.7 Å². The number of hydrogen-bond donors (Lipinski definition) is 0. The van der Waals surface area contributed by atoms with Crippen LogP contribution in [0, 0.1) is 0 Å². The minimum absolute atomic E-state index is 0.905. The van der Waals surface area contributed by atoms with E-state index in [9.17, 15) is 0 Å². The second-order valence-corrected chi connectivity index (χ2v) is 12.3. The van der Waals surface area contributed by atoms with Crippen molar-refractivity contribution in [2.24, 2.45) is 0 Å². The first-order valence-corrected chi connectivity index (χ1v) is 15.7. The average Bonchev–Trinajstić information content (AvgIpc) is 3.74. The van der Waals surface area contributed by atoms with Crippen LogP contribution in [-0.4, -0.2) is 18.9 Å². The van der Waals surface area contributed by atoms with Gasteiger partial charge in [0.25, 0.3) is 0 Å². The summed E-state index contributed by atoms with van der Waals surface area (Å²) in [6.45, 7) is 0. The maximum absolute atomic E-state index is 5.30. The zero-order valence-corrected chi connectivity index (χ0v) is 24.6. The molecule has 11 rings (SSSR count). The molecule has 0 bridgehead atoms. The summed E-state index contributed by atoms with van der Waals surface area (Å²) in [7, 11) is 0. The highest BCUT2D eigenvalue weighted by molar-refractivity contribution is 6.24. The van der Waals surface area contributed by atoms with Crippen molar-refractivity contribution in [1.82, 2.24) is 18.9 Å². The Morgan fingerprint density at radius 2 is 1.02 bits per heavy atom. The van der Waals surface area contributed by atoms with Gasteiger partial charge in [0.15, 0.2) is 5.65 Å². The lowest BCUT2D eigenvalue weighted by Crippen LogP contribution is -1.92. The molecule has 0 amide bonds. The molecule has 0 spiro atoms. The van der Waals surface area contributed by atoms with Gasteiger partial charge in [-0.15, -0.1) is 0 Å². The van der Waals surface area contributed by atoms with Gasteiger partial charge in [-0.05, 0) is 82.6 Å². The molecule has 4 heterocycles. The molecule has 0 radical (unpaired) electrons. The molecule has 0 saturated heterocycles. The van der Waals surface area contributed by atoms with E-state index in [-0.39, 0.29) is 0 Å². The van der Waals surface area contributed by atoms with E-state index in [0.29, 0.717) is 0 Å². The highest BCUT2D eigenvalue weighted by Gasteiger charge is 2.22. The van der Waals surface area contributed by atoms with E-state index in [1.54, 1.807) is 0 Å². The minimum atomic E-state index is 0.905. The van der Waals surface area contributed by atoms with Crippen molar-refractivity contribution in [3.63, 3.8) is 0 Å². The number of benzene rings is 7. The first-order chi connectivity index (χ1) is 22.8.